The van der Waals surface area contributed by atoms with E-state index in [4.69, 9.17) is 4.74 Å². The van der Waals surface area contributed by atoms with Gasteiger partial charge in [0.25, 0.3) is 5.91 Å². The SMILES string of the molecule is COc1ccc(C2=C(C)C(c3ccccc3)NC2=O)cc1. The van der Waals surface area contributed by atoms with Crippen molar-refractivity contribution in [1.82, 2.24) is 5.32 Å². The molecule has 1 atom stereocenters. The average Bonchev–Trinajstić information content (AvgIpc) is 2.83. The molecule has 1 unspecified atom stereocenters. The Morgan fingerprint density at radius 1 is 1.00 bits per heavy atom. The van der Waals surface area contributed by atoms with Crippen molar-refractivity contribution in [2.75, 3.05) is 7.11 Å². The van der Waals surface area contributed by atoms with Crippen molar-refractivity contribution in [3.05, 3.63) is 71.3 Å². The number of hydrogen-bond acceptors (Lipinski definition) is 2. The molecule has 3 rings (SSSR count). The molecule has 106 valence electrons. The molecular formula is C18H17NO2. The zero-order valence-electron chi connectivity index (χ0n) is 12.1. The molecule has 2 aromatic rings. The molecule has 3 nitrogen and oxygen atoms in total. The molecule has 0 radical (unpaired) electrons. The Hall–Kier alpha value is -2.55. The molecule has 3 heteroatoms. The van der Waals surface area contributed by atoms with Crippen LogP contribution in [0.1, 0.15) is 24.1 Å². The fourth-order valence-corrected chi connectivity index (χ4v) is 2.73. The number of rotatable bonds is 3. The molecule has 1 aliphatic heterocycles. The summed E-state index contributed by atoms with van der Waals surface area (Å²) < 4.78 is 5.16. The Bertz CT molecular complexity index is 687. The first-order valence-corrected chi connectivity index (χ1v) is 6.91. The van der Waals surface area contributed by atoms with Gasteiger partial charge in [-0.2, -0.15) is 0 Å². The van der Waals surface area contributed by atoms with Gasteiger partial charge in [-0.05, 0) is 35.8 Å². The number of carbonyl (C=O) groups excluding carboxylic acids is 1. The molecule has 1 amide bonds. The number of amides is 1. The number of nitrogens with one attached hydrogen (secondary N) is 1. The highest BCUT2D eigenvalue weighted by atomic mass is 16.5. The normalized spacial score (nSPS) is 17.8. The number of ether oxygens (including phenoxy) is 1. The van der Waals surface area contributed by atoms with Gasteiger partial charge in [-0.3, -0.25) is 4.79 Å². The van der Waals surface area contributed by atoms with Crippen LogP contribution in [0.25, 0.3) is 5.57 Å². The topological polar surface area (TPSA) is 38.3 Å². The minimum atomic E-state index is -0.0456. The number of methoxy groups -OCH3 is 1. The van der Waals surface area contributed by atoms with Gasteiger partial charge in [0.15, 0.2) is 0 Å². The molecule has 0 saturated heterocycles. The summed E-state index contributed by atoms with van der Waals surface area (Å²) in [5.74, 6) is 0.765. The molecule has 0 bridgehead atoms. The third-order valence-corrected chi connectivity index (χ3v) is 3.84. The predicted molar refractivity (Wildman–Crippen MR) is 82.9 cm³/mol. The first kappa shape index (κ1) is 13.4. The van der Waals surface area contributed by atoms with Gasteiger partial charge in [-0.15, -0.1) is 0 Å². The molecule has 1 aliphatic rings. The second-order valence-corrected chi connectivity index (χ2v) is 5.10. The van der Waals surface area contributed by atoms with E-state index >= 15 is 0 Å². The zero-order valence-corrected chi connectivity index (χ0v) is 12.1. The largest absolute Gasteiger partial charge is 0.497 e. The summed E-state index contributed by atoms with van der Waals surface area (Å²) in [5.41, 5.74) is 3.83. The molecular weight excluding hydrogens is 262 g/mol. The maximum atomic E-state index is 12.3. The van der Waals surface area contributed by atoms with Gasteiger partial charge in [0.1, 0.15) is 5.75 Å². The minimum Gasteiger partial charge on any atom is -0.497 e. The van der Waals surface area contributed by atoms with Gasteiger partial charge < -0.3 is 10.1 Å². The summed E-state index contributed by atoms with van der Waals surface area (Å²) in [6, 6.07) is 17.6. The molecule has 1 heterocycles. The quantitative estimate of drug-likeness (QED) is 0.935. The van der Waals surface area contributed by atoms with E-state index < -0.39 is 0 Å². The van der Waals surface area contributed by atoms with Crippen molar-refractivity contribution in [1.29, 1.82) is 0 Å². The van der Waals surface area contributed by atoms with Gasteiger partial charge in [0.05, 0.1) is 13.2 Å². The summed E-state index contributed by atoms with van der Waals surface area (Å²) in [7, 11) is 1.63. The van der Waals surface area contributed by atoms with Gasteiger partial charge >= 0.3 is 0 Å². The highest BCUT2D eigenvalue weighted by molar-refractivity contribution is 6.23. The Kier molecular flexibility index (Phi) is 3.48. The highest BCUT2D eigenvalue weighted by Crippen LogP contribution is 2.35. The van der Waals surface area contributed by atoms with Gasteiger partial charge in [0, 0.05) is 5.57 Å². The number of carbonyl (C=O) groups is 1. The molecule has 0 aromatic heterocycles. The number of hydrogen-bond donors (Lipinski definition) is 1. The van der Waals surface area contributed by atoms with Crippen LogP contribution in [0.15, 0.2) is 60.2 Å². The van der Waals surface area contributed by atoms with E-state index in [0.717, 1.165) is 28.0 Å². The van der Waals surface area contributed by atoms with Crippen LogP contribution in [0.5, 0.6) is 5.75 Å². The second kappa shape index (κ2) is 5.44. The van der Waals surface area contributed by atoms with Gasteiger partial charge in [-0.25, -0.2) is 0 Å². The van der Waals surface area contributed by atoms with Crippen LogP contribution < -0.4 is 10.1 Å². The van der Waals surface area contributed by atoms with E-state index in [2.05, 4.69) is 5.32 Å². The van der Waals surface area contributed by atoms with E-state index in [1.54, 1.807) is 7.11 Å². The second-order valence-electron chi connectivity index (χ2n) is 5.10. The van der Waals surface area contributed by atoms with Gasteiger partial charge in [-0.1, -0.05) is 42.5 Å². The van der Waals surface area contributed by atoms with Gasteiger partial charge in [0.2, 0.25) is 0 Å². The first-order valence-electron chi connectivity index (χ1n) is 6.91. The van der Waals surface area contributed by atoms with Crippen molar-refractivity contribution in [2.45, 2.75) is 13.0 Å². The predicted octanol–water partition coefficient (Wildman–Crippen LogP) is 3.34. The lowest BCUT2D eigenvalue weighted by atomic mass is 9.96. The third kappa shape index (κ3) is 2.42. The van der Waals surface area contributed by atoms with Crippen LogP contribution in [-0.2, 0) is 4.79 Å². The summed E-state index contributed by atoms with van der Waals surface area (Å²) >= 11 is 0. The summed E-state index contributed by atoms with van der Waals surface area (Å²) in [4.78, 5) is 12.3. The maximum absolute atomic E-state index is 12.3. The molecule has 0 spiro atoms. The summed E-state index contributed by atoms with van der Waals surface area (Å²) in [5, 5.41) is 3.05. The molecule has 0 saturated carbocycles. The Balaban J connectivity index is 2.00. The minimum absolute atomic E-state index is 0.0217. The summed E-state index contributed by atoms with van der Waals surface area (Å²) in [6.07, 6.45) is 0. The smallest absolute Gasteiger partial charge is 0.252 e. The third-order valence-electron chi connectivity index (χ3n) is 3.84. The van der Waals surface area contributed by atoms with Crippen molar-refractivity contribution in [2.24, 2.45) is 0 Å². The highest BCUT2D eigenvalue weighted by Gasteiger charge is 2.30. The van der Waals surface area contributed by atoms with E-state index in [1.807, 2.05) is 61.5 Å². The Morgan fingerprint density at radius 2 is 1.67 bits per heavy atom. The summed E-state index contributed by atoms with van der Waals surface area (Å²) in [6.45, 7) is 2.01. The van der Waals surface area contributed by atoms with Crippen LogP contribution in [0.2, 0.25) is 0 Å². The van der Waals surface area contributed by atoms with E-state index in [0.29, 0.717) is 0 Å². The van der Waals surface area contributed by atoms with E-state index in [-0.39, 0.29) is 11.9 Å². The van der Waals surface area contributed by atoms with Crippen LogP contribution in [0, 0.1) is 0 Å². The number of benzene rings is 2. The van der Waals surface area contributed by atoms with Crippen molar-refractivity contribution in [3.8, 4) is 5.75 Å². The van der Waals surface area contributed by atoms with Crippen LogP contribution in [0.4, 0.5) is 0 Å². The van der Waals surface area contributed by atoms with Crippen molar-refractivity contribution in [3.63, 3.8) is 0 Å². The first-order chi connectivity index (χ1) is 10.2. The van der Waals surface area contributed by atoms with E-state index in [1.165, 1.54) is 0 Å². The standard InChI is InChI=1S/C18H17NO2/c1-12-16(13-8-10-15(21-2)11-9-13)18(20)19-17(12)14-6-4-3-5-7-14/h3-11,17H,1-2H3,(H,19,20). The fraction of sp³-hybridized carbons (Fsp3) is 0.167. The Labute approximate surface area is 124 Å². The molecule has 21 heavy (non-hydrogen) atoms. The molecule has 0 aliphatic carbocycles. The monoisotopic (exact) mass is 279 g/mol. The maximum Gasteiger partial charge on any atom is 0.252 e. The lowest BCUT2D eigenvalue weighted by Crippen LogP contribution is -2.21. The molecule has 0 fully saturated rings. The van der Waals surface area contributed by atoms with Crippen molar-refractivity contribution < 1.29 is 9.53 Å². The average molecular weight is 279 g/mol. The molecule has 2 aromatic carbocycles. The Morgan fingerprint density at radius 3 is 2.29 bits per heavy atom. The lowest BCUT2D eigenvalue weighted by Gasteiger charge is -2.12. The van der Waals surface area contributed by atoms with Crippen LogP contribution in [-0.4, -0.2) is 13.0 Å². The van der Waals surface area contributed by atoms with E-state index in [9.17, 15) is 4.79 Å². The fourth-order valence-electron chi connectivity index (χ4n) is 2.73. The van der Waals surface area contributed by atoms with Crippen LogP contribution >= 0.6 is 0 Å². The lowest BCUT2D eigenvalue weighted by molar-refractivity contribution is -0.115. The zero-order chi connectivity index (χ0) is 14.8. The molecule has 1 N–H and O–H groups in total. The van der Waals surface area contributed by atoms with Crippen molar-refractivity contribution >= 4 is 11.5 Å². The van der Waals surface area contributed by atoms with Crippen LogP contribution in [0.3, 0.4) is 0 Å².